The van der Waals surface area contributed by atoms with E-state index in [4.69, 9.17) is 15.7 Å². The average Bonchev–Trinajstić information content (AvgIpc) is 3.36. The minimum absolute atomic E-state index is 0.449. The van der Waals surface area contributed by atoms with Crippen LogP contribution in [-0.4, -0.2) is 25.7 Å². The first kappa shape index (κ1) is 18.7. The number of primary amides is 1. The Morgan fingerprint density at radius 3 is 2.87 bits per heavy atom. The van der Waals surface area contributed by atoms with Crippen LogP contribution in [0.2, 0.25) is 0 Å². The van der Waals surface area contributed by atoms with Gasteiger partial charge in [-0.15, -0.1) is 11.3 Å². The quantitative estimate of drug-likeness (QED) is 0.480. The lowest BCUT2D eigenvalue weighted by atomic mass is 10.1. The molecular formula is C22H22N6OS. The number of hydrogen-bond acceptors (Lipinski definition) is 6. The zero-order valence-electron chi connectivity index (χ0n) is 16.5. The summed E-state index contributed by atoms with van der Waals surface area (Å²) in [5.74, 6) is 0.919. The predicted molar refractivity (Wildman–Crippen MR) is 118 cm³/mol. The minimum atomic E-state index is -0.471. The van der Waals surface area contributed by atoms with Gasteiger partial charge in [-0.2, -0.15) is 14.8 Å². The molecule has 3 N–H and O–H groups in total. The number of amides is 1. The summed E-state index contributed by atoms with van der Waals surface area (Å²) in [6, 6.07) is 9.59. The highest BCUT2D eigenvalue weighted by Gasteiger charge is 2.20. The summed E-state index contributed by atoms with van der Waals surface area (Å²) in [7, 11) is 0. The van der Waals surface area contributed by atoms with E-state index in [9.17, 15) is 4.79 Å². The molecule has 152 valence electrons. The molecule has 0 saturated carbocycles. The number of benzene rings is 1. The SMILES string of the molecule is NC(=O)c1cccc2c1cnn2-c1nc2c(c(NCc3cccs3)n1)CCCCC2. The first-order valence-corrected chi connectivity index (χ1v) is 11.0. The van der Waals surface area contributed by atoms with Gasteiger partial charge in [0, 0.05) is 15.8 Å². The van der Waals surface area contributed by atoms with Crippen LogP contribution in [0.1, 0.15) is 45.8 Å². The molecule has 0 bridgehead atoms. The number of thiophene rings is 1. The van der Waals surface area contributed by atoms with E-state index in [0.717, 1.165) is 49.3 Å². The third-order valence-corrected chi connectivity index (χ3v) is 6.38. The zero-order valence-corrected chi connectivity index (χ0v) is 17.3. The van der Waals surface area contributed by atoms with E-state index in [1.165, 1.54) is 16.9 Å². The maximum absolute atomic E-state index is 11.8. The highest BCUT2D eigenvalue weighted by molar-refractivity contribution is 7.09. The molecule has 0 atom stereocenters. The molecule has 0 fully saturated rings. The summed E-state index contributed by atoms with van der Waals surface area (Å²) in [6.07, 6.45) is 7.04. The van der Waals surface area contributed by atoms with Crippen LogP contribution in [-0.2, 0) is 19.4 Å². The molecule has 5 rings (SSSR count). The van der Waals surface area contributed by atoms with Crippen molar-refractivity contribution in [1.29, 1.82) is 0 Å². The number of carbonyl (C=O) groups is 1. The van der Waals surface area contributed by atoms with Gasteiger partial charge in [-0.3, -0.25) is 4.79 Å². The van der Waals surface area contributed by atoms with Gasteiger partial charge in [0.1, 0.15) is 5.82 Å². The standard InChI is InChI=1S/C22H22N6OS/c23-20(29)15-8-4-10-19-17(15)13-25-28(19)22-26-18-9-3-1-2-7-16(18)21(27-22)24-12-14-6-5-11-30-14/h4-6,8,10-11,13H,1-3,7,9,12H2,(H2,23,29)(H,24,26,27). The van der Waals surface area contributed by atoms with Crippen molar-refractivity contribution in [2.75, 3.05) is 5.32 Å². The Labute approximate surface area is 178 Å². The van der Waals surface area contributed by atoms with E-state index in [0.29, 0.717) is 16.9 Å². The van der Waals surface area contributed by atoms with E-state index in [2.05, 4.69) is 27.9 Å². The van der Waals surface area contributed by atoms with Crippen LogP contribution in [0.15, 0.2) is 41.9 Å². The van der Waals surface area contributed by atoms with Crippen LogP contribution in [0.25, 0.3) is 16.9 Å². The largest absolute Gasteiger partial charge is 0.366 e. The zero-order chi connectivity index (χ0) is 20.5. The second-order valence-corrected chi connectivity index (χ2v) is 8.48. The molecule has 1 aliphatic rings. The first-order chi connectivity index (χ1) is 14.7. The summed E-state index contributed by atoms with van der Waals surface area (Å²) >= 11 is 1.72. The predicted octanol–water partition coefficient (Wildman–Crippen LogP) is 3.86. The van der Waals surface area contributed by atoms with E-state index < -0.39 is 5.91 Å². The number of nitrogens with two attached hydrogens (primary N) is 1. The average molecular weight is 419 g/mol. The van der Waals surface area contributed by atoms with Crippen LogP contribution < -0.4 is 11.1 Å². The Hall–Kier alpha value is -3.26. The molecule has 0 radical (unpaired) electrons. The number of hydrogen-bond donors (Lipinski definition) is 2. The highest BCUT2D eigenvalue weighted by Crippen LogP contribution is 2.28. The van der Waals surface area contributed by atoms with Crippen molar-refractivity contribution in [3.63, 3.8) is 0 Å². The maximum atomic E-state index is 11.8. The van der Waals surface area contributed by atoms with Crippen molar-refractivity contribution < 1.29 is 4.79 Å². The van der Waals surface area contributed by atoms with Gasteiger partial charge in [0.15, 0.2) is 0 Å². The summed E-state index contributed by atoms with van der Waals surface area (Å²) in [4.78, 5) is 22.8. The number of aryl methyl sites for hydroxylation is 1. The second-order valence-electron chi connectivity index (χ2n) is 7.45. The van der Waals surface area contributed by atoms with Crippen molar-refractivity contribution in [1.82, 2.24) is 19.7 Å². The summed E-state index contributed by atoms with van der Waals surface area (Å²) in [6.45, 7) is 0.728. The molecule has 1 amide bonds. The number of rotatable bonds is 5. The summed E-state index contributed by atoms with van der Waals surface area (Å²) in [5, 5.41) is 10.8. The van der Waals surface area contributed by atoms with Crippen LogP contribution in [0.5, 0.6) is 0 Å². The van der Waals surface area contributed by atoms with Crippen molar-refractivity contribution in [3.8, 4) is 5.95 Å². The molecule has 8 heteroatoms. The van der Waals surface area contributed by atoms with E-state index in [-0.39, 0.29) is 0 Å². The molecule has 7 nitrogen and oxygen atoms in total. The normalized spacial score (nSPS) is 13.7. The fourth-order valence-electron chi connectivity index (χ4n) is 4.01. The highest BCUT2D eigenvalue weighted by atomic mass is 32.1. The lowest BCUT2D eigenvalue weighted by molar-refractivity contribution is 0.100. The number of anilines is 1. The lowest BCUT2D eigenvalue weighted by Crippen LogP contribution is -2.13. The van der Waals surface area contributed by atoms with E-state index in [1.54, 1.807) is 34.3 Å². The van der Waals surface area contributed by atoms with Crippen molar-refractivity contribution in [2.45, 2.75) is 38.6 Å². The summed E-state index contributed by atoms with van der Waals surface area (Å²) in [5.41, 5.74) is 9.04. The third kappa shape index (κ3) is 3.43. The maximum Gasteiger partial charge on any atom is 0.253 e. The fourth-order valence-corrected chi connectivity index (χ4v) is 4.65. The Morgan fingerprint density at radius 2 is 2.03 bits per heavy atom. The van der Waals surface area contributed by atoms with E-state index >= 15 is 0 Å². The van der Waals surface area contributed by atoms with Gasteiger partial charge >= 0.3 is 0 Å². The first-order valence-electron chi connectivity index (χ1n) is 10.1. The van der Waals surface area contributed by atoms with Crippen molar-refractivity contribution >= 4 is 34.0 Å². The van der Waals surface area contributed by atoms with Crippen LogP contribution >= 0.6 is 11.3 Å². The Kier molecular flexibility index (Phi) is 4.92. The molecule has 0 unspecified atom stereocenters. The molecule has 0 spiro atoms. The number of nitrogens with one attached hydrogen (secondary N) is 1. The molecule has 30 heavy (non-hydrogen) atoms. The number of carbonyl (C=O) groups excluding carboxylic acids is 1. The van der Waals surface area contributed by atoms with Crippen LogP contribution in [0.4, 0.5) is 5.82 Å². The number of fused-ring (bicyclic) bond motifs is 2. The minimum Gasteiger partial charge on any atom is -0.366 e. The van der Waals surface area contributed by atoms with Crippen LogP contribution in [0, 0.1) is 0 Å². The number of nitrogens with zero attached hydrogens (tertiary/aromatic N) is 4. The number of aromatic nitrogens is 4. The Morgan fingerprint density at radius 1 is 1.13 bits per heavy atom. The molecule has 3 heterocycles. The molecule has 0 aliphatic heterocycles. The Balaban J connectivity index is 1.61. The van der Waals surface area contributed by atoms with Gasteiger partial charge in [0.25, 0.3) is 5.95 Å². The molecule has 1 aliphatic carbocycles. The molecule has 4 aromatic rings. The van der Waals surface area contributed by atoms with Crippen LogP contribution in [0.3, 0.4) is 0 Å². The van der Waals surface area contributed by atoms with Crippen molar-refractivity contribution in [3.05, 3.63) is 63.6 Å². The molecule has 3 aromatic heterocycles. The van der Waals surface area contributed by atoms with Gasteiger partial charge in [0.2, 0.25) is 5.91 Å². The van der Waals surface area contributed by atoms with E-state index in [1.807, 2.05) is 6.07 Å². The van der Waals surface area contributed by atoms with Gasteiger partial charge in [-0.1, -0.05) is 18.6 Å². The second kappa shape index (κ2) is 7.87. The topological polar surface area (TPSA) is 98.7 Å². The van der Waals surface area contributed by atoms with Gasteiger partial charge in [0.05, 0.1) is 29.5 Å². The molecular weight excluding hydrogens is 396 g/mol. The van der Waals surface area contributed by atoms with Gasteiger partial charge < -0.3 is 11.1 Å². The van der Waals surface area contributed by atoms with Crippen molar-refractivity contribution in [2.24, 2.45) is 5.73 Å². The molecule has 0 saturated heterocycles. The van der Waals surface area contributed by atoms with Gasteiger partial charge in [-0.25, -0.2) is 4.98 Å². The lowest BCUT2D eigenvalue weighted by Gasteiger charge is -2.15. The smallest absolute Gasteiger partial charge is 0.253 e. The summed E-state index contributed by atoms with van der Waals surface area (Å²) < 4.78 is 1.70. The fraction of sp³-hybridized carbons (Fsp3) is 0.273. The molecule has 1 aromatic carbocycles. The Bertz CT molecular complexity index is 1210. The van der Waals surface area contributed by atoms with Gasteiger partial charge in [-0.05, 0) is 49.3 Å². The third-order valence-electron chi connectivity index (χ3n) is 5.50. The monoisotopic (exact) mass is 418 g/mol.